The molecule has 0 atom stereocenters. The van der Waals surface area contributed by atoms with Crippen LogP contribution < -0.4 is 10.6 Å². The fraction of sp³-hybridized carbons (Fsp3) is 0.192. The van der Waals surface area contributed by atoms with Gasteiger partial charge in [0.15, 0.2) is 5.11 Å². The van der Waals surface area contributed by atoms with Crippen molar-refractivity contribution < 1.29 is 9.59 Å². The van der Waals surface area contributed by atoms with Crippen molar-refractivity contribution in [3.8, 4) is 11.1 Å². The Morgan fingerprint density at radius 1 is 0.788 bits per heavy atom. The fourth-order valence-corrected chi connectivity index (χ4v) is 3.91. The van der Waals surface area contributed by atoms with Crippen LogP contribution in [-0.4, -0.2) is 60.0 Å². The maximum absolute atomic E-state index is 12.8. The van der Waals surface area contributed by atoms with E-state index in [1.54, 1.807) is 30.3 Å². The number of anilines is 1. The second-order valence-corrected chi connectivity index (χ2v) is 8.44. The van der Waals surface area contributed by atoms with E-state index >= 15 is 0 Å². The van der Waals surface area contributed by atoms with Crippen LogP contribution in [0.25, 0.3) is 11.1 Å². The third kappa shape index (κ3) is 5.83. The molecule has 6 nitrogen and oxygen atoms in total. The smallest absolute Gasteiger partial charge is 0.257 e. The molecule has 0 spiro atoms. The number of carbonyl (C=O) groups excluding carboxylic acids is 2. The summed E-state index contributed by atoms with van der Waals surface area (Å²) in [5, 5.41) is 5.88. The number of piperazine rings is 1. The Kier molecular flexibility index (Phi) is 7.12. The lowest BCUT2D eigenvalue weighted by atomic mass is 10.0. The Bertz CT molecular complexity index is 1140. The summed E-state index contributed by atoms with van der Waals surface area (Å²) in [4.78, 5) is 29.5. The van der Waals surface area contributed by atoms with E-state index in [2.05, 4.69) is 22.6 Å². The molecule has 1 fully saturated rings. The summed E-state index contributed by atoms with van der Waals surface area (Å²) >= 11 is 5.32. The number of thiocarbonyl (C=S) groups is 1. The van der Waals surface area contributed by atoms with Crippen LogP contribution in [0.15, 0.2) is 78.9 Å². The van der Waals surface area contributed by atoms with Crippen molar-refractivity contribution >= 4 is 34.8 Å². The topological polar surface area (TPSA) is 64.7 Å². The second kappa shape index (κ2) is 10.4. The highest BCUT2D eigenvalue weighted by atomic mass is 32.1. The molecule has 4 rings (SSSR count). The minimum absolute atomic E-state index is 0.000194. The summed E-state index contributed by atoms with van der Waals surface area (Å²) in [5.74, 6) is -0.294. The number of nitrogens with zero attached hydrogens (tertiary/aromatic N) is 2. The Morgan fingerprint density at radius 2 is 1.45 bits per heavy atom. The van der Waals surface area contributed by atoms with Gasteiger partial charge in [-0.3, -0.25) is 14.9 Å². The van der Waals surface area contributed by atoms with E-state index in [1.807, 2.05) is 53.4 Å². The zero-order valence-corrected chi connectivity index (χ0v) is 19.3. The van der Waals surface area contributed by atoms with Crippen LogP contribution in [0.5, 0.6) is 0 Å². The largest absolute Gasteiger partial charge is 0.336 e. The average molecular weight is 459 g/mol. The van der Waals surface area contributed by atoms with Crippen molar-refractivity contribution in [1.29, 1.82) is 0 Å². The number of hydrogen-bond donors (Lipinski definition) is 2. The number of rotatable bonds is 4. The van der Waals surface area contributed by atoms with Crippen LogP contribution in [0, 0.1) is 0 Å². The van der Waals surface area contributed by atoms with Crippen molar-refractivity contribution in [3.05, 3.63) is 90.0 Å². The van der Waals surface area contributed by atoms with Crippen LogP contribution in [-0.2, 0) is 0 Å². The Labute approximate surface area is 199 Å². The highest BCUT2D eigenvalue weighted by Gasteiger charge is 2.20. The zero-order valence-electron chi connectivity index (χ0n) is 18.5. The van der Waals surface area contributed by atoms with Crippen LogP contribution in [0.2, 0.25) is 0 Å². The Morgan fingerprint density at radius 3 is 2.15 bits per heavy atom. The predicted molar refractivity (Wildman–Crippen MR) is 135 cm³/mol. The second-order valence-electron chi connectivity index (χ2n) is 8.03. The molecule has 1 aliphatic rings. The summed E-state index contributed by atoms with van der Waals surface area (Å²) in [6, 6.07) is 24.5. The van der Waals surface area contributed by atoms with Gasteiger partial charge in [0.1, 0.15) is 0 Å². The standard InChI is InChI=1S/C26H26N4O2S/c1-29-14-16-30(17-15-29)25(32)22-8-5-9-23(18-22)27-26(33)28-24(31)21-12-10-20(11-13-21)19-6-3-2-4-7-19/h2-13,18H,14-17H2,1H3,(H2,27,28,31,33). The molecule has 0 aromatic heterocycles. The van der Waals surface area contributed by atoms with E-state index in [0.29, 0.717) is 29.9 Å². The number of carbonyl (C=O) groups is 2. The molecule has 0 unspecified atom stereocenters. The normalized spacial score (nSPS) is 13.9. The molecule has 168 valence electrons. The van der Waals surface area contributed by atoms with E-state index in [1.165, 1.54) is 0 Å². The van der Waals surface area contributed by atoms with Gasteiger partial charge in [0.25, 0.3) is 11.8 Å². The molecule has 0 aliphatic carbocycles. The molecule has 1 aliphatic heterocycles. The van der Waals surface area contributed by atoms with Gasteiger partial charge in [-0.2, -0.15) is 0 Å². The summed E-state index contributed by atoms with van der Waals surface area (Å²) in [6.07, 6.45) is 0. The van der Waals surface area contributed by atoms with Gasteiger partial charge in [-0.25, -0.2) is 0 Å². The molecule has 0 radical (unpaired) electrons. The van der Waals surface area contributed by atoms with E-state index in [9.17, 15) is 9.59 Å². The molecule has 33 heavy (non-hydrogen) atoms. The molecule has 1 saturated heterocycles. The summed E-state index contributed by atoms with van der Waals surface area (Å²) < 4.78 is 0. The maximum atomic E-state index is 12.8. The number of amides is 2. The lowest BCUT2D eigenvalue weighted by Crippen LogP contribution is -2.47. The number of benzene rings is 3. The maximum Gasteiger partial charge on any atom is 0.257 e. The molecule has 1 heterocycles. The van der Waals surface area contributed by atoms with E-state index in [0.717, 1.165) is 24.2 Å². The Hall–Kier alpha value is -3.55. The van der Waals surface area contributed by atoms with Crippen molar-refractivity contribution in [2.45, 2.75) is 0 Å². The number of likely N-dealkylation sites (N-methyl/N-ethyl adjacent to an activating group) is 1. The minimum atomic E-state index is -0.295. The van der Waals surface area contributed by atoms with Crippen LogP contribution in [0.3, 0.4) is 0 Å². The summed E-state index contributed by atoms with van der Waals surface area (Å²) in [7, 11) is 2.05. The molecule has 0 saturated carbocycles. The fourth-order valence-electron chi connectivity index (χ4n) is 3.70. The van der Waals surface area contributed by atoms with Gasteiger partial charge in [0, 0.05) is 43.0 Å². The molecule has 3 aromatic carbocycles. The van der Waals surface area contributed by atoms with Gasteiger partial charge in [-0.15, -0.1) is 0 Å². The summed E-state index contributed by atoms with van der Waals surface area (Å²) in [6.45, 7) is 3.16. The quantitative estimate of drug-likeness (QED) is 0.581. The SMILES string of the molecule is CN1CCN(C(=O)c2cccc(NC(=S)NC(=O)c3ccc(-c4ccccc4)cc3)c2)CC1. The van der Waals surface area contributed by atoms with E-state index < -0.39 is 0 Å². The third-order valence-corrected chi connectivity index (χ3v) is 5.84. The molecular weight excluding hydrogens is 432 g/mol. The first-order chi connectivity index (χ1) is 16.0. The zero-order chi connectivity index (χ0) is 23.2. The first kappa shape index (κ1) is 22.6. The van der Waals surface area contributed by atoms with Gasteiger partial charge in [0.2, 0.25) is 0 Å². The molecule has 7 heteroatoms. The predicted octanol–water partition coefficient (Wildman–Crippen LogP) is 3.87. The lowest BCUT2D eigenvalue weighted by molar-refractivity contribution is 0.0664. The average Bonchev–Trinajstić information content (AvgIpc) is 2.85. The van der Waals surface area contributed by atoms with Crippen molar-refractivity contribution in [2.24, 2.45) is 0 Å². The van der Waals surface area contributed by atoms with Gasteiger partial charge in [-0.1, -0.05) is 48.5 Å². The molecule has 2 amide bonds. The highest BCUT2D eigenvalue weighted by molar-refractivity contribution is 7.80. The van der Waals surface area contributed by atoms with Crippen LogP contribution in [0.4, 0.5) is 5.69 Å². The highest BCUT2D eigenvalue weighted by Crippen LogP contribution is 2.19. The lowest BCUT2D eigenvalue weighted by Gasteiger charge is -2.32. The third-order valence-electron chi connectivity index (χ3n) is 5.64. The van der Waals surface area contributed by atoms with E-state index in [-0.39, 0.29) is 16.9 Å². The summed E-state index contributed by atoms with van der Waals surface area (Å²) in [5.41, 5.74) is 3.88. The monoisotopic (exact) mass is 458 g/mol. The van der Waals surface area contributed by atoms with Crippen molar-refractivity contribution in [3.63, 3.8) is 0 Å². The van der Waals surface area contributed by atoms with Gasteiger partial charge < -0.3 is 15.1 Å². The van der Waals surface area contributed by atoms with Crippen molar-refractivity contribution in [2.75, 3.05) is 38.5 Å². The van der Waals surface area contributed by atoms with Gasteiger partial charge in [0.05, 0.1) is 0 Å². The van der Waals surface area contributed by atoms with Crippen molar-refractivity contribution in [1.82, 2.24) is 15.1 Å². The number of nitrogens with one attached hydrogen (secondary N) is 2. The molecule has 0 bridgehead atoms. The molecular formula is C26H26N4O2S. The molecule has 3 aromatic rings. The first-order valence-electron chi connectivity index (χ1n) is 10.9. The minimum Gasteiger partial charge on any atom is -0.336 e. The Balaban J connectivity index is 1.35. The van der Waals surface area contributed by atoms with Gasteiger partial charge in [-0.05, 0) is 60.7 Å². The van der Waals surface area contributed by atoms with Gasteiger partial charge >= 0.3 is 0 Å². The van der Waals surface area contributed by atoms with Crippen LogP contribution >= 0.6 is 12.2 Å². The van der Waals surface area contributed by atoms with Crippen LogP contribution in [0.1, 0.15) is 20.7 Å². The first-order valence-corrected chi connectivity index (χ1v) is 11.3. The van der Waals surface area contributed by atoms with E-state index in [4.69, 9.17) is 12.2 Å². The molecule has 2 N–H and O–H groups in total. The number of hydrogen-bond acceptors (Lipinski definition) is 4.